The molecule has 0 N–H and O–H groups in total. The first-order valence-corrected chi connectivity index (χ1v) is 8.79. The number of aromatic nitrogens is 3. The molecule has 0 atom stereocenters. The van der Waals surface area contributed by atoms with Crippen molar-refractivity contribution < 1.29 is 22.0 Å². The number of benzene rings is 2. The van der Waals surface area contributed by atoms with Gasteiger partial charge < -0.3 is 0 Å². The molecule has 0 amide bonds. The lowest BCUT2D eigenvalue weighted by Gasteiger charge is -2.11. The fourth-order valence-corrected chi connectivity index (χ4v) is 2.87. The fourth-order valence-electron chi connectivity index (χ4n) is 2.75. The second kappa shape index (κ2) is 7.43. The molecule has 0 saturated carbocycles. The van der Waals surface area contributed by atoms with Crippen LogP contribution in [0.2, 0.25) is 5.02 Å². The van der Waals surface area contributed by atoms with E-state index >= 15 is 0 Å². The van der Waals surface area contributed by atoms with E-state index in [4.69, 9.17) is 11.6 Å². The summed E-state index contributed by atoms with van der Waals surface area (Å²) in [6.07, 6.45) is -3.60. The largest absolute Gasteiger partial charge is 0.433 e. The van der Waals surface area contributed by atoms with E-state index in [0.29, 0.717) is 21.2 Å². The van der Waals surface area contributed by atoms with E-state index in [0.717, 1.165) is 24.4 Å². The highest BCUT2D eigenvalue weighted by Crippen LogP contribution is 2.33. The summed E-state index contributed by atoms with van der Waals surface area (Å²) >= 11 is 5.84. The first-order valence-electron chi connectivity index (χ1n) is 8.41. The quantitative estimate of drug-likeness (QED) is 0.283. The van der Waals surface area contributed by atoms with Crippen molar-refractivity contribution in [3.05, 3.63) is 88.2 Å². The van der Waals surface area contributed by atoms with Gasteiger partial charge in [0, 0.05) is 16.7 Å². The van der Waals surface area contributed by atoms with Gasteiger partial charge in [0.25, 0.3) is 0 Å². The number of alkyl halides is 3. The van der Waals surface area contributed by atoms with Crippen LogP contribution in [0, 0.1) is 23.5 Å². The number of fused-ring (bicyclic) bond motifs is 1. The van der Waals surface area contributed by atoms with Gasteiger partial charge in [-0.25, -0.2) is 18.3 Å². The van der Waals surface area contributed by atoms with E-state index in [2.05, 4.69) is 21.9 Å². The van der Waals surface area contributed by atoms with Crippen molar-refractivity contribution >= 4 is 17.2 Å². The van der Waals surface area contributed by atoms with Gasteiger partial charge >= 0.3 is 6.18 Å². The molecular formula is C21H9ClF5N3. The molecule has 0 aliphatic rings. The molecule has 9 heteroatoms. The molecule has 3 nitrogen and oxygen atoms in total. The molecule has 2 aromatic carbocycles. The molecule has 0 bridgehead atoms. The maximum atomic E-state index is 13.8. The average molecular weight is 434 g/mol. The highest BCUT2D eigenvalue weighted by molar-refractivity contribution is 6.30. The normalized spacial score (nSPS) is 11.4. The first-order chi connectivity index (χ1) is 14.2. The Balaban J connectivity index is 1.89. The van der Waals surface area contributed by atoms with E-state index < -0.39 is 23.5 Å². The minimum atomic E-state index is -4.71. The Morgan fingerprint density at radius 2 is 1.60 bits per heavy atom. The fraction of sp³-hybridized carbons (Fsp3) is 0.0476. The van der Waals surface area contributed by atoms with Crippen molar-refractivity contribution in [1.82, 2.24) is 14.6 Å². The Morgan fingerprint density at radius 1 is 0.900 bits per heavy atom. The summed E-state index contributed by atoms with van der Waals surface area (Å²) in [5, 5.41) is 4.16. The maximum absolute atomic E-state index is 13.8. The van der Waals surface area contributed by atoms with E-state index in [1.54, 1.807) is 0 Å². The molecule has 0 aliphatic heterocycles. The number of rotatable bonds is 1. The van der Waals surface area contributed by atoms with Crippen molar-refractivity contribution in [2.75, 3.05) is 0 Å². The predicted molar refractivity (Wildman–Crippen MR) is 101 cm³/mol. The highest BCUT2D eigenvalue weighted by Gasteiger charge is 2.35. The summed E-state index contributed by atoms with van der Waals surface area (Å²) in [4.78, 5) is 4.26. The zero-order valence-corrected chi connectivity index (χ0v) is 15.6. The topological polar surface area (TPSA) is 30.2 Å². The Hall–Kier alpha value is -3.44. The summed E-state index contributed by atoms with van der Waals surface area (Å²) in [7, 11) is 0. The second-order valence-corrected chi connectivity index (χ2v) is 6.64. The summed E-state index contributed by atoms with van der Waals surface area (Å²) in [6, 6.07) is 9.85. The monoisotopic (exact) mass is 433 g/mol. The molecule has 30 heavy (non-hydrogen) atoms. The Bertz CT molecular complexity index is 1310. The third kappa shape index (κ3) is 3.84. The second-order valence-electron chi connectivity index (χ2n) is 6.20. The predicted octanol–water partition coefficient (Wildman–Crippen LogP) is 5.75. The van der Waals surface area contributed by atoms with Crippen molar-refractivity contribution in [2.24, 2.45) is 0 Å². The van der Waals surface area contributed by atoms with Crippen molar-refractivity contribution in [2.45, 2.75) is 6.18 Å². The highest BCUT2D eigenvalue weighted by atomic mass is 35.5. The number of hydrogen-bond acceptors (Lipinski definition) is 2. The van der Waals surface area contributed by atoms with Crippen molar-refractivity contribution in [1.29, 1.82) is 0 Å². The SMILES string of the molecule is Fc1ccc(C#Cc2cnn3c(C(F)(F)F)cc(-c4ccc(Cl)cc4)nc23)c(F)c1. The van der Waals surface area contributed by atoms with Gasteiger partial charge in [-0.15, -0.1) is 0 Å². The van der Waals surface area contributed by atoms with E-state index in [1.807, 2.05) is 0 Å². The van der Waals surface area contributed by atoms with Gasteiger partial charge in [-0.2, -0.15) is 18.3 Å². The third-order valence-corrected chi connectivity index (χ3v) is 4.42. The van der Waals surface area contributed by atoms with Crippen molar-refractivity contribution in [3.8, 4) is 23.1 Å². The molecular weight excluding hydrogens is 425 g/mol. The van der Waals surface area contributed by atoms with Crippen LogP contribution in [-0.2, 0) is 6.18 Å². The van der Waals surface area contributed by atoms with Crippen LogP contribution in [0.25, 0.3) is 16.9 Å². The van der Waals surface area contributed by atoms with Crippen molar-refractivity contribution in [3.63, 3.8) is 0 Å². The zero-order chi connectivity index (χ0) is 21.5. The molecule has 0 fully saturated rings. The molecule has 0 saturated heterocycles. The summed E-state index contributed by atoms with van der Waals surface area (Å²) in [5.41, 5.74) is -0.788. The lowest BCUT2D eigenvalue weighted by atomic mass is 10.1. The van der Waals surface area contributed by atoms with Gasteiger partial charge in [0.15, 0.2) is 11.3 Å². The molecule has 0 aliphatic carbocycles. The van der Waals surface area contributed by atoms with Gasteiger partial charge in [-0.3, -0.25) is 0 Å². The maximum Gasteiger partial charge on any atom is 0.433 e. The van der Waals surface area contributed by atoms with Gasteiger partial charge in [0.05, 0.1) is 23.0 Å². The molecule has 2 heterocycles. The Kier molecular flexibility index (Phi) is 4.92. The number of nitrogens with zero attached hydrogens (tertiary/aromatic N) is 3. The summed E-state index contributed by atoms with van der Waals surface area (Å²) in [5.74, 6) is 3.39. The third-order valence-electron chi connectivity index (χ3n) is 4.17. The molecule has 0 unspecified atom stereocenters. The van der Waals surface area contributed by atoms with Crippen LogP contribution < -0.4 is 0 Å². The van der Waals surface area contributed by atoms with E-state index in [-0.39, 0.29) is 22.5 Å². The molecule has 0 spiro atoms. The number of halogens is 6. The van der Waals surface area contributed by atoms with Gasteiger partial charge in [-0.1, -0.05) is 35.6 Å². The Labute approximate surface area is 171 Å². The van der Waals surface area contributed by atoms with Gasteiger partial charge in [0.1, 0.15) is 11.6 Å². The number of hydrogen-bond donors (Lipinski definition) is 0. The lowest BCUT2D eigenvalue weighted by Crippen LogP contribution is -2.13. The minimum Gasteiger partial charge on any atom is -0.227 e. The van der Waals surface area contributed by atoms with Crippen LogP contribution in [0.4, 0.5) is 22.0 Å². The van der Waals surface area contributed by atoms with Crippen LogP contribution in [-0.4, -0.2) is 14.6 Å². The standard InChI is InChI=1S/C21H9ClF5N3/c22-15-6-3-13(4-7-15)18-10-19(21(25,26)27)30-20(29-18)14(11-28-30)2-1-12-5-8-16(23)9-17(12)24/h3-11H. The first kappa shape index (κ1) is 19.9. The summed E-state index contributed by atoms with van der Waals surface area (Å²) < 4.78 is 68.2. The van der Waals surface area contributed by atoms with Crippen LogP contribution in [0.1, 0.15) is 16.8 Å². The molecule has 2 aromatic heterocycles. The molecule has 150 valence electrons. The molecule has 4 rings (SSSR count). The smallest absolute Gasteiger partial charge is 0.227 e. The van der Waals surface area contributed by atoms with E-state index in [1.165, 1.54) is 24.3 Å². The van der Waals surface area contributed by atoms with E-state index in [9.17, 15) is 22.0 Å². The molecule has 0 radical (unpaired) electrons. The lowest BCUT2D eigenvalue weighted by molar-refractivity contribution is -0.142. The van der Waals surface area contributed by atoms with Gasteiger partial charge in [0.2, 0.25) is 0 Å². The summed E-state index contributed by atoms with van der Waals surface area (Å²) in [6.45, 7) is 0. The minimum absolute atomic E-state index is 0.0444. The average Bonchev–Trinajstić information content (AvgIpc) is 3.09. The van der Waals surface area contributed by atoms with Crippen LogP contribution >= 0.6 is 11.6 Å². The van der Waals surface area contributed by atoms with Crippen LogP contribution in [0.3, 0.4) is 0 Å². The van der Waals surface area contributed by atoms with Crippen LogP contribution in [0.15, 0.2) is 54.7 Å². The zero-order valence-electron chi connectivity index (χ0n) is 14.8. The van der Waals surface area contributed by atoms with Gasteiger partial charge in [-0.05, 0) is 30.3 Å². The van der Waals surface area contributed by atoms with Crippen LogP contribution in [0.5, 0.6) is 0 Å². The molecule has 4 aromatic rings. The Morgan fingerprint density at radius 3 is 2.27 bits per heavy atom.